The molecular weight excluding hydrogens is 246 g/mol. The Morgan fingerprint density at radius 3 is 2.83 bits per heavy atom. The minimum Gasteiger partial charge on any atom is -0.368 e. The average Bonchev–Trinajstić information content (AvgIpc) is 2.39. The number of pyridine rings is 1. The topological polar surface area (TPSA) is 28.2 Å². The van der Waals surface area contributed by atoms with Crippen LogP contribution in [0.5, 0.6) is 0 Å². The van der Waals surface area contributed by atoms with Crippen LogP contribution in [0.15, 0.2) is 24.4 Å². The van der Waals surface area contributed by atoms with E-state index in [0.717, 1.165) is 47.7 Å². The molecule has 3 rings (SSSR count). The van der Waals surface area contributed by atoms with Gasteiger partial charge in [-0.3, -0.25) is 4.98 Å². The Morgan fingerprint density at radius 2 is 2.06 bits per heavy atom. The van der Waals surface area contributed by atoms with Crippen molar-refractivity contribution in [2.45, 2.75) is 6.92 Å². The fraction of sp³-hybridized carbons (Fsp3) is 0.357. The Hall–Kier alpha value is -1.32. The van der Waals surface area contributed by atoms with Gasteiger partial charge in [0.05, 0.1) is 5.52 Å². The summed E-state index contributed by atoms with van der Waals surface area (Å²) in [6.45, 7) is 6.19. The Bertz CT molecular complexity index is 577. The van der Waals surface area contributed by atoms with Gasteiger partial charge in [-0.1, -0.05) is 11.6 Å². The SMILES string of the molecule is Cc1cc(Cl)cc2c(N3CCNCC3)ccnc12. The lowest BCUT2D eigenvalue weighted by atomic mass is 10.1. The molecule has 0 amide bonds. The fourth-order valence-corrected chi connectivity index (χ4v) is 2.83. The van der Waals surface area contributed by atoms with Crippen molar-refractivity contribution in [2.75, 3.05) is 31.1 Å². The normalized spacial score (nSPS) is 16.2. The second kappa shape index (κ2) is 4.75. The summed E-state index contributed by atoms with van der Waals surface area (Å²) in [5.41, 5.74) is 3.43. The number of nitrogens with one attached hydrogen (secondary N) is 1. The van der Waals surface area contributed by atoms with Crippen molar-refractivity contribution in [3.8, 4) is 0 Å². The Balaban J connectivity index is 2.16. The van der Waals surface area contributed by atoms with Gasteiger partial charge in [-0.25, -0.2) is 0 Å². The molecule has 18 heavy (non-hydrogen) atoms. The summed E-state index contributed by atoms with van der Waals surface area (Å²) in [5, 5.41) is 5.31. The van der Waals surface area contributed by atoms with E-state index in [1.165, 1.54) is 5.69 Å². The largest absolute Gasteiger partial charge is 0.368 e. The number of fused-ring (bicyclic) bond motifs is 1. The third-order valence-corrected chi connectivity index (χ3v) is 3.65. The van der Waals surface area contributed by atoms with Gasteiger partial charge in [0.15, 0.2) is 0 Å². The van der Waals surface area contributed by atoms with Gasteiger partial charge in [-0.15, -0.1) is 0 Å². The summed E-state index contributed by atoms with van der Waals surface area (Å²) in [6.07, 6.45) is 1.89. The van der Waals surface area contributed by atoms with Crippen LogP contribution in [-0.4, -0.2) is 31.2 Å². The van der Waals surface area contributed by atoms with E-state index in [1.807, 2.05) is 18.3 Å². The highest BCUT2D eigenvalue weighted by atomic mass is 35.5. The molecule has 4 heteroatoms. The molecule has 0 aliphatic carbocycles. The number of hydrogen-bond acceptors (Lipinski definition) is 3. The van der Waals surface area contributed by atoms with E-state index in [1.54, 1.807) is 0 Å². The van der Waals surface area contributed by atoms with Crippen LogP contribution >= 0.6 is 11.6 Å². The number of aryl methyl sites for hydroxylation is 1. The molecule has 0 atom stereocenters. The summed E-state index contributed by atoms with van der Waals surface area (Å²) in [5.74, 6) is 0. The fourth-order valence-electron chi connectivity index (χ4n) is 2.56. The molecule has 2 aromatic rings. The molecule has 0 bridgehead atoms. The van der Waals surface area contributed by atoms with Gasteiger partial charge < -0.3 is 10.2 Å². The maximum atomic E-state index is 6.18. The number of anilines is 1. The number of rotatable bonds is 1. The lowest BCUT2D eigenvalue weighted by Gasteiger charge is -2.30. The van der Waals surface area contributed by atoms with E-state index in [0.29, 0.717) is 0 Å². The van der Waals surface area contributed by atoms with Crippen LogP contribution in [0.2, 0.25) is 5.02 Å². The first-order valence-electron chi connectivity index (χ1n) is 6.26. The monoisotopic (exact) mass is 261 g/mol. The van der Waals surface area contributed by atoms with Gasteiger partial charge in [0.1, 0.15) is 0 Å². The molecule has 1 aliphatic rings. The van der Waals surface area contributed by atoms with Crippen LogP contribution in [0.25, 0.3) is 10.9 Å². The molecule has 1 aromatic carbocycles. The molecule has 0 unspecified atom stereocenters. The Labute approximate surface area is 112 Å². The van der Waals surface area contributed by atoms with Crippen molar-refractivity contribution in [1.29, 1.82) is 0 Å². The summed E-state index contributed by atoms with van der Waals surface area (Å²) in [6, 6.07) is 6.08. The van der Waals surface area contributed by atoms with Gasteiger partial charge in [-0.05, 0) is 30.7 Å². The zero-order valence-corrected chi connectivity index (χ0v) is 11.2. The van der Waals surface area contributed by atoms with Crippen LogP contribution in [0.1, 0.15) is 5.56 Å². The van der Waals surface area contributed by atoms with Crippen LogP contribution in [0.4, 0.5) is 5.69 Å². The minimum absolute atomic E-state index is 0.782. The molecule has 1 N–H and O–H groups in total. The first-order chi connectivity index (χ1) is 8.75. The molecule has 1 aliphatic heterocycles. The van der Waals surface area contributed by atoms with E-state index >= 15 is 0 Å². The second-order valence-electron chi connectivity index (χ2n) is 4.69. The van der Waals surface area contributed by atoms with Gasteiger partial charge >= 0.3 is 0 Å². The van der Waals surface area contributed by atoms with Crippen LogP contribution in [-0.2, 0) is 0 Å². The maximum Gasteiger partial charge on any atom is 0.0752 e. The van der Waals surface area contributed by atoms with Crippen molar-refractivity contribution in [3.05, 3.63) is 35.0 Å². The summed E-state index contributed by atoms with van der Waals surface area (Å²) < 4.78 is 0. The molecule has 3 nitrogen and oxygen atoms in total. The summed E-state index contributed by atoms with van der Waals surface area (Å²) in [7, 11) is 0. The lowest BCUT2D eigenvalue weighted by molar-refractivity contribution is 0.590. The Morgan fingerprint density at radius 1 is 1.28 bits per heavy atom. The molecule has 0 radical (unpaired) electrons. The van der Waals surface area contributed by atoms with Crippen LogP contribution < -0.4 is 10.2 Å². The molecule has 0 saturated carbocycles. The van der Waals surface area contributed by atoms with Crippen molar-refractivity contribution in [2.24, 2.45) is 0 Å². The van der Waals surface area contributed by atoms with Crippen LogP contribution in [0.3, 0.4) is 0 Å². The number of aromatic nitrogens is 1. The first kappa shape index (κ1) is 11.8. The van der Waals surface area contributed by atoms with E-state index in [9.17, 15) is 0 Å². The highest BCUT2D eigenvalue weighted by molar-refractivity contribution is 6.31. The molecule has 1 aromatic heterocycles. The van der Waals surface area contributed by atoms with E-state index in [-0.39, 0.29) is 0 Å². The second-order valence-corrected chi connectivity index (χ2v) is 5.12. The van der Waals surface area contributed by atoms with Crippen molar-refractivity contribution >= 4 is 28.2 Å². The first-order valence-corrected chi connectivity index (χ1v) is 6.64. The molecule has 0 spiro atoms. The minimum atomic E-state index is 0.782. The highest BCUT2D eigenvalue weighted by Gasteiger charge is 2.14. The van der Waals surface area contributed by atoms with Gasteiger partial charge in [0, 0.05) is 48.5 Å². The number of hydrogen-bond donors (Lipinski definition) is 1. The summed E-state index contributed by atoms with van der Waals surface area (Å²) in [4.78, 5) is 6.88. The molecule has 94 valence electrons. The quantitative estimate of drug-likeness (QED) is 0.855. The van der Waals surface area contributed by atoms with E-state index in [2.05, 4.69) is 28.2 Å². The van der Waals surface area contributed by atoms with Gasteiger partial charge in [0.25, 0.3) is 0 Å². The average molecular weight is 262 g/mol. The van der Waals surface area contributed by atoms with Gasteiger partial charge in [-0.2, -0.15) is 0 Å². The third-order valence-electron chi connectivity index (χ3n) is 3.43. The molecular formula is C14H16ClN3. The van der Waals surface area contributed by atoms with Crippen LogP contribution in [0, 0.1) is 6.92 Å². The number of halogens is 1. The third kappa shape index (κ3) is 2.04. The molecule has 1 fully saturated rings. The zero-order chi connectivity index (χ0) is 12.5. The van der Waals surface area contributed by atoms with Crippen molar-refractivity contribution in [1.82, 2.24) is 10.3 Å². The predicted molar refractivity (Wildman–Crippen MR) is 76.6 cm³/mol. The van der Waals surface area contributed by atoms with Crippen molar-refractivity contribution < 1.29 is 0 Å². The van der Waals surface area contributed by atoms with Crippen molar-refractivity contribution in [3.63, 3.8) is 0 Å². The smallest absolute Gasteiger partial charge is 0.0752 e. The molecule has 2 heterocycles. The summed E-state index contributed by atoms with van der Waals surface area (Å²) >= 11 is 6.18. The van der Waals surface area contributed by atoms with E-state index < -0.39 is 0 Å². The highest BCUT2D eigenvalue weighted by Crippen LogP contribution is 2.30. The van der Waals surface area contributed by atoms with E-state index in [4.69, 9.17) is 11.6 Å². The lowest BCUT2D eigenvalue weighted by Crippen LogP contribution is -2.43. The molecule has 1 saturated heterocycles. The Kier molecular flexibility index (Phi) is 3.10. The standard InChI is InChI=1S/C14H16ClN3/c1-10-8-11(15)9-12-13(2-3-17-14(10)12)18-6-4-16-5-7-18/h2-3,8-9,16H,4-7H2,1H3. The number of nitrogens with zero attached hydrogens (tertiary/aromatic N) is 2. The number of piperazine rings is 1. The van der Waals surface area contributed by atoms with Gasteiger partial charge in [0.2, 0.25) is 0 Å². The maximum absolute atomic E-state index is 6.18. The zero-order valence-electron chi connectivity index (χ0n) is 10.4. The predicted octanol–water partition coefficient (Wildman–Crippen LogP) is 2.61. The number of benzene rings is 1.